The summed E-state index contributed by atoms with van der Waals surface area (Å²) in [7, 11) is 4.54. The Kier molecular flexibility index (Phi) is 7.28. The second-order valence-corrected chi connectivity index (χ2v) is 8.21. The summed E-state index contributed by atoms with van der Waals surface area (Å²) >= 11 is 0. The van der Waals surface area contributed by atoms with Crippen LogP contribution in [-0.2, 0) is 12.6 Å². The van der Waals surface area contributed by atoms with Gasteiger partial charge >= 0.3 is 6.18 Å². The van der Waals surface area contributed by atoms with E-state index in [9.17, 15) is 18.0 Å². The molecule has 0 bridgehead atoms. The first kappa shape index (κ1) is 25.2. The van der Waals surface area contributed by atoms with E-state index in [1.54, 1.807) is 42.3 Å². The summed E-state index contributed by atoms with van der Waals surface area (Å²) in [6, 6.07) is 14.6. The highest BCUT2D eigenvalue weighted by atomic mass is 19.4. The molecule has 3 aromatic rings. The predicted octanol–water partition coefficient (Wildman–Crippen LogP) is 5.55. The Morgan fingerprint density at radius 1 is 0.917 bits per heavy atom. The van der Waals surface area contributed by atoms with Crippen molar-refractivity contribution < 1.29 is 36.9 Å². The molecule has 3 aromatic carbocycles. The number of hydrogen-bond donors (Lipinski definition) is 0. The summed E-state index contributed by atoms with van der Waals surface area (Å²) in [6.45, 7) is 0.306. The van der Waals surface area contributed by atoms with Crippen LogP contribution in [0.15, 0.2) is 60.7 Å². The molecular weight excluding hydrogens is 475 g/mol. The normalized spacial score (nSPS) is 15.2. The van der Waals surface area contributed by atoms with Gasteiger partial charge in [0.1, 0.15) is 18.1 Å². The Hall–Kier alpha value is -3.88. The third-order valence-electron chi connectivity index (χ3n) is 6.17. The Morgan fingerprint density at radius 2 is 1.61 bits per heavy atom. The van der Waals surface area contributed by atoms with E-state index in [0.29, 0.717) is 35.8 Å². The highest BCUT2D eigenvalue weighted by Gasteiger charge is 2.35. The predicted molar refractivity (Wildman–Crippen MR) is 127 cm³/mol. The molecule has 6 nitrogen and oxygen atoms in total. The molecule has 1 amide bonds. The number of amides is 1. The fourth-order valence-corrected chi connectivity index (χ4v) is 4.36. The zero-order valence-electron chi connectivity index (χ0n) is 20.1. The van der Waals surface area contributed by atoms with Crippen molar-refractivity contribution in [1.82, 2.24) is 4.90 Å². The molecule has 190 valence electrons. The van der Waals surface area contributed by atoms with Gasteiger partial charge < -0.3 is 23.8 Å². The minimum absolute atomic E-state index is 0.0575. The van der Waals surface area contributed by atoms with Crippen LogP contribution in [0.2, 0.25) is 0 Å². The van der Waals surface area contributed by atoms with E-state index in [1.165, 1.54) is 26.4 Å². The minimum atomic E-state index is -4.49. The molecule has 0 unspecified atom stereocenters. The van der Waals surface area contributed by atoms with Crippen molar-refractivity contribution in [2.24, 2.45) is 0 Å². The summed E-state index contributed by atoms with van der Waals surface area (Å²) in [5.74, 6) is 1.25. The molecule has 0 N–H and O–H groups in total. The second-order valence-electron chi connectivity index (χ2n) is 8.21. The lowest BCUT2D eigenvalue weighted by Gasteiger charge is -2.38. The average Bonchev–Trinajstić information content (AvgIpc) is 2.89. The number of methoxy groups -OCH3 is 3. The van der Waals surface area contributed by atoms with Crippen LogP contribution in [0.1, 0.15) is 33.1 Å². The number of halogens is 3. The van der Waals surface area contributed by atoms with Crippen LogP contribution in [0.25, 0.3) is 0 Å². The number of carbonyl (C=O) groups is 1. The maximum absolute atomic E-state index is 13.7. The fourth-order valence-electron chi connectivity index (χ4n) is 4.36. The van der Waals surface area contributed by atoms with Gasteiger partial charge in [0.15, 0.2) is 11.5 Å². The van der Waals surface area contributed by atoms with Gasteiger partial charge in [-0.3, -0.25) is 4.79 Å². The van der Waals surface area contributed by atoms with E-state index in [0.717, 1.165) is 23.3 Å². The van der Waals surface area contributed by atoms with Crippen LogP contribution in [0.4, 0.5) is 13.2 Å². The van der Waals surface area contributed by atoms with Gasteiger partial charge in [-0.25, -0.2) is 0 Å². The molecule has 4 rings (SSSR count). The Balaban J connectivity index is 1.72. The number of para-hydroxylation sites is 1. The Morgan fingerprint density at radius 3 is 2.31 bits per heavy atom. The average molecular weight is 502 g/mol. The summed E-state index contributed by atoms with van der Waals surface area (Å²) in [5, 5.41) is 0. The van der Waals surface area contributed by atoms with Crippen LogP contribution < -0.4 is 18.9 Å². The number of ether oxygens (including phenoxy) is 4. The third kappa shape index (κ3) is 5.05. The van der Waals surface area contributed by atoms with Gasteiger partial charge in [0, 0.05) is 6.54 Å². The molecule has 0 aliphatic carbocycles. The molecule has 0 spiro atoms. The fraction of sp³-hybridized carbons (Fsp3) is 0.296. The molecule has 9 heteroatoms. The lowest BCUT2D eigenvalue weighted by atomic mass is 9.91. The van der Waals surface area contributed by atoms with Gasteiger partial charge in [0.05, 0.1) is 38.5 Å². The number of benzene rings is 3. The van der Waals surface area contributed by atoms with Crippen LogP contribution in [-0.4, -0.2) is 45.3 Å². The van der Waals surface area contributed by atoms with E-state index < -0.39 is 17.8 Å². The number of fused-ring (bicyclic) bond motifs is 1. The number of alkyl halides is 3. The smallest absolute Gasteiger partial charge is 0.416 e. The van der Waals surface area contributed by atoms with Gasteiger partial charge in [-0.15, -0.1) is 0 Å². The summed E-state index contributed by atoms with van der Waals surface area (Å²) < 4.78 is 61.7. The number of rotatable bonds is 7. The quantitative estimate of drug-likeness (QED) is 0.425. The van der Waals surface area contributed by atoms with Crippen molar-refractivity contribution in [3.05, 3.63) is 82.9 Å². The largest absolute Gasteiger partial charge is 0.496 e. The molecule has 1 aliphatic rings. The van der Waals surface area contributed by atoms with E-state index in [-0.39, 0.29) is 18.3 Å². The first-order valence-corrected chi connectivity index (χ1v) is 11.3. The Labute approximate surface area is 207 Å². The zero-order chi connectivity index (χ0) is 25.9. The SMILES string of the molecule is COc1cc2c(cc1OC)[C@@H](COc1cccc(C(F)(F)F)c1)N(C(=O)c1ccccc1OC)CC2. The summed E-state index contributed by atoms with van der Waals surface area (Å²) in [6.07, 6.45) is -3.94. The first-order chi connectivity index (χ1) is 17.3. The van der Waals surface area contributed by atoms with E-state index in [1.807, 2.05) is 6.07 Å². The highest BCUT2D eigenvalue weighted by molar-refractivity contribution is 5.97. The van der Waals surface area contributed by atoms with Gasteiger partial charge in [0.2, 0.25) is 0 Å². The standard InChI is InChI=1S/C27H26F3NO5/c1-33-23-10-5-4-9-20(23)26(32)31-12-11-17-13-24(34-2)25(35-3)15-21(17)22(31)16-36-19-8-6-7-18(14-19)27(28,29)30/h4-10,13-15,22H,11-12,16H2,1-3H3/t22-/m1/s1. The molecule has 0 fully saturated rings. The van der Waals surface area contributed by atoms with E-state index >= 15 is 0 Å². The molecule has 0 radical (unpaired) electrons. The van der Waals surface area contributed by atoms with Crippen molar-refractivity contribution in [1.29, 1.82) is 0 Å². The number of hydrogen-bond acceptors (Lipinski definition) is 5. The lowest BCUT2D eigenvalue weighted by Crippen LogP contribution is -2.42. The van der Waals surface area contributed by atoms with Gasteiger partial charge in [0.25, 0.3) is 5.91 Å². The maximum atomic E-state index is 13.7. The second kappa shape index (κ2) is 10.4. The first-order valence-electron chi connectivity index (χ1n) is 11.3. The number of carbonyl (C=O) groups excluding carboxylic acids is 1. The van der Waals surface area contributed by atoms with Gasteiger partial charge in [-0.2, -0.15) is 13.2 Å². The van der Waals surface area contributed by atoms with Crippen molar-refractivity contribution >= 4 is 5.91 Å². The highest BCUT2D eigenvalue weighted by Crippen LogP contribution is 2.40. The van der Waals surface area contributed by atoms with Crippen molar-refractivity contribution in [3.63, 3.8) is 0 Å². The van der Waals surface area contributed by atoms with E-state index in [2.05, 4.69) is 0 Å². The monoisotopic (exact) mass is 501 g/mol. The van der Waals surface area contributed by atoms with Crippen LogP contribution in [0.5, 0.6) is 23.0 Å². The molecule has 36 heavy (non-hydrogen) atoms. The lowest BCUT2D eigenvalue weighted by molar-refractivity contribution is -0.137. The van der Waals surface area contributed by atoms with Gasteiger partial charge in [-0.1, -0.05) is 18.2 Å². The summed E-state index contributed by atoms with van der Waals surface area (Å²) in [4.78, 5) is 15.3. The molecule has 0 saturated heterocycles. The van der Waals surface area contributed by atoms with Crippen molar-refractivity contribution in [3.8, 4) is 23.0 Å². The third-order valence-corrected chi connectivity index (χ3v) is 6.17. The van der Waals surface area contributed by atoms with Crippen molar-refractivity contribution in [2.45, 2.75) is 18.6 Å². The van der Waals surface area contributed by atoms with Crippen LogP contribution in [0, 0.1) is 0 Å². The van der Waals surface area contributed by atoms with E-state index in [4.69, 9.17) is 18.9 Å². The molecule has 1 heterocycles. The van der Waals surface area contributed by atoms with Crippen molar-refractivity contribution in [2.75, 3.05) is 34.5 Å². The number of nitrogens with zero attached hydrogens (tertiary/aromatic N) is 1. The van der Waals surface area contributed by atoms with Crippen LogP contribution in [0.3, 0.4) is 0 Å². The van der Waals surface area contributed by atoms with Crippen LogP contribution >= 0.6 is 0 Å². The summed E-state index contributed by atoms with van der Waals surface area (Å²) in [5.41, 5.74) is 1.29. The molecule has 0 aromatic heterocycles. The van der Waals surface area contributed by atoms with Gasteiger partial charge in [-0.05, 0) is 60.0 Å². The molecule has 0 saturated carbocycles. The molecule has 1 atom stereocenters. The topological polar surface area (TPSA) is 57.2 Å². The zero-order valence-corrected chi connectivity index (χ0v) is 20.1. The minimum Gasteiger partial charge on any atom is -0.496 e. The maximum Gasteiger partial charge on any atom is 0.416 e. The Bertz CT molecular complexity index is 1240. The molecule has 1 aliphatic heterocycles. The molecular formula is C27H26F3NO5.